The molecule has 0 heterocycles. The Kier molecular flexibility index (Phi) is 5.60. The molecule has 1 aromatic rings. The van der Waals surface area contributed by atoms with Crippen LogP contribution in [0, 0.1) is 0 Å². The zero-order valence-electron chi connectivity index (χ0n) is 9.39. The number of aliphatic carboxylic acids is 1. The number of hydrogen-bond donors (Lipinski definition) is 4. The van der Waals surface area contributed by atoms with Gasteiger partial charge < -0.3 is 20.8 Å². The van der Waals surface area contributed by atoms with Crippen molar-refractivity contribution < 1.29 is 19.8 Å². The predicted molar refractivity (Wildman–Crippen MR) is 68.0 cm³/mol. The number of carbonyl (C=O) groups is 2. The number of aliphatic hydroxyl groups is 1. The van der Waals surface area contributed by atoms with E-state index in [4.69, 9.17) is 10.2 Å². The number of hydrogen-bond acceptors (Lipinski definition) is 3. The van der Waals surface area contributed by atoms with Gasteiger partial charge in [-0.25, -0.2) is 9.59 Å². The van der Waals surface area contributed by atoms with E-state index in [9.17, 15) is 9.59 Å². The number of aliphatic hydroxyl groups excluding tert-OH is 1. The van der Waals surface area contributed by atoms with E-state index in [1.165, 1.54) is 0 Å². The minimum atomic E-state index is -1.60. The second-order valence-corrected chi connectivity index (χ2v) is 4.36. The van der Waals surface area contributed by atoms with Gasteiger partial charge in [0.05, 0.1) is 6.54 Å². The van der Waals surface area contributed by atoms with Crippen molar-refractivity contribution in [2.45, 2.75) is 12.6 Å². The minimum absolute atomic E-state index is 0.302. The lowest BCUT2D eigenvalue weighted by Gasteiger charge is -2.10. The smallest absolute Gasteiger partial charge is 0.334 e. The third-order valence-corrected chi connectivity index (χ3v) is 2.91. The number of carboxylic acids is 1. The molecule has 0 aliphatic heterocycles. The van der Waals surface area contributed by atoms with E-state index in [1.807, 2.05) is 24.3 Å². The fourth-order valence-electron chi connectivity index (χ4n) is 1.16. The molecule has 1 rings (SSSR count). The van der Waals surface area contributed by atoms with E-state index in [1.54, 1.807) is 0 Å². The summed E-state index contributed by atoms with van der Waals surface area (Å²) in [5.41, 5.74) is 0.895. The first kappa shape index (κ1) is 14.5. The first-order valence-corrected chi connectivity index (χ1v) is 5.96. The molecule has 1 aromatic carbocycles. The minimum Gasteiger partial charge on any atom is -0.479 e. The molecule has 0 aromatic heterocycles. The van der Waals surface area contributed by atoms with Crippen LogP contribution in [0.25, 0.3) is 0 Å². The van der Waals surface area contributed by atoms with Crippen molar-refractivity contribution in [3.63, 3.8) is 0 Å². The van der Waals surface area contributed by atoms with Gasteiger partial charge in [0.15, 0.2) is 6.10 Å². The fourth-order valence-corrected chi connectivity index (χ4v) is 1.58. The monoisotopic (exact) mass is 316 g/mol. The molecule has 0 spiro atoms. The Morgan fingerprint density at radius 3 is 2.56 bits per heavy atom. The van der Waals surface area contributed by atoms with Crippen molar-refractivity contribution in [1.29, 1.82) is 0 Å². The highest BCUT2D eigenvalue weighted by atomic mass is 79.9. The molecule has 0 aliphatic rings. The summed E-state index contributed by atoms with van der Waals surface area (Å²) in [7, 11) is 0. The summed E-state index contributed by atoms with van der Waals surface area (Å²) < 4.78 is 0.871. The molecule has 18 heavy (non-hydrogen) atoms. The molecule has 0 saturated carbocycles. The number of carbonyl (C=O) groups excluding carboxylic acids is 1. The van der Waals surface area contributed by atoms with Crippen molar-refractivity contribution in [1.82, 2.24) is 10.6 Å². The second-order valence-electron chi connectivity index (χ2n) is 3.51. The summed E-state index contributed by atoms with van der Waals surface area (Å²) in [5.74, 6) is -1.37. The van der Waals surface area contributed by atoms with Crippen LogP contribution in [0.4, 0.5) is 4.79 Å². The Bertz CT molecular complexity index is 439. The van der Waals surface area contributed by atoms with Gasteiger partial charge in [-0.2, -0.15) is 0 Å². The lowest BCUT2D eigenvalue weighted by atomic mass is 10.2. The molecule has 2 amide bonds. The number of halogens is 1. The largest absolute Gasteiger partial charge is 0.479 e. The summed E-state index contributed by atoms with van der Waals surface area (Å²) in [6.07, 6.45) is -1.60. The van der Waals surface area contributed by atoms with Gasteiger partial charge in [-0.1, -0.05) is 34.1 Å². The summed E-state index contributed by atoms with van der Waals surface area (Å²) in [5, 5.41) is 22.2. The zero-order chi connectivity index (χ0) is 13.5. The SMILES string of the molecule is O=C(NCc1ccccc1Br)NC[C@H](O)C(=O)O. The molecule has 98 valence electrons. The third-order valence-electron chi connectivity index (χ3n) is 2.14. The Morgan fingerprint density at radius 1 is 1.28 bits per heavy atom. The Hall–Kier alpha value is -1.60. The first-order chi connectivity index (χ1) is 8.50. The van der Waals surface area contributed by atoms with Gasteiger partial charge in [0.1, 0.15) is 0 Å². The van der Waals surface area contributed by atoms with Crippen LogP contribution in [0.3, 0.4) is 0 Å². The number of benzene rings is 1. The standard InChI is InChI=1S/C11H13BrN2O4/c12-8-4-2-1-3-7(8)5-13-11(18)14-6-9(15)10(16)17/h1-4,9,15H,5-6H2,(H,16,17)(H2,13,14,18)/t9-/m0/s1. The van der Waals surface area contributed by atoms with Crippen LogP contribution >= 0.6 is 15.9 Å². The molecule has 0 bridgehead atoms. The molecular formula is C11H13BrN2O4. The van der Waals surface area contributed by atoms with Crippen molar-refractivity contribution in [2.75, 3.05) is 6.54 Å². The molecular weight excluding hydrogens is 304 g/mol. The number of nitrogens with one attached hydrogen (secondary N) is 2. The molecule has 1 atom stereocenters. The summed E-state index contributed by atoms with van der Waals surface area (Å²) in [6, 6.07) is 6.86. The van der Waals surface area contributed by atoms with Crippen LogP contribution in [-0.2, 0) is 11.3 Å². The van der Waals surface area contributed by atoms with Crippen LogP contribution in [0.2, 0.25) is 0 Å². The maximum Gasteiger partial charge on any atom is 0.334 e. The molecule has 0 fully saturated rings. The maximum absolute atomic E-state index is 11.3. The third kappa shape index (κ3) is 4.72. The van der Waals surface area contributed by atoms with Crippen LogP contribution in [0.1, 0.15) is 5.56 Å². The molecule has 0 radical (unpaired) electrons. The molecule has 0 aliphatic carbocycles. The normalized spacial score (nSPS) is 11.7. The number of carboxylic acid groups (broad SMARTS) is 1. The highest BCUT2D eigenvalue weighted by Crippen LogP contribution is 2.15. The maximum atomic E-state index is 11.3. The average Bonchev–Trinajstić information content (AvgIpc) is 2.34. The van der Waals surface area contributed by atoms with Gasteiger partial charge in [-0.05, 0) is 11.6 Å². The first-order valence-electron chi connectivity index (χ1n) is 5.16. The van der Waals surface area contributed by atoms with Gasteiger partial charge >= 0.3 is 12.0 Å². The zero-order valence-corrected chi connectivity index (χ0v) is 11.0. The molecule has 7 heteroatoms. The van der Waals surface area contributed by atoms with Gasteiger partial charge in [0, 0.05) is 11.0 Å². The van der Waals surface area contributed by atoms with Crippen molar-refractivity contribution >= 4 is 27.9 Å². The number of rotatable bonds is 5. The lowest BCUT2D eigenvalue weighted by molar-refractivity contribution is -0.146. The fraction of sp³-hybridized carbons (Fsp3) is 0.273. The van der Waals surface area contributed by atoms with Crippen LogP contribution < -0.4 is 10.6 Å². The van der Waals surface area contributed by atoms with E-state index >= 15 is 0 Å². The van der Waals surface area contributed by atoms with E-state index in [0.717, 1.165) is 10.0 Å². The van der Waals surface area contributed by atoms with Gasteiger partial charge in [-0.15, -0.1) is 0 Å². The van der Waals surface area contributed by atoms with Crippen LogP contribution in [0.15, 0.2) is 28.7 Å². The Labute approximate surface area is 112 Å². The summed E-state index contributed by atoms with van der Waals surface area (Å²) >= 11 is 3.34. The topological polar surface area (TPSA) is 98.7 Å². The lowest BCUT2D eigenvalue weighted by Crippen LogP contribution is -2.41. The number of urea groups is 1. The van der Waals surface area contributed by atoms with Crippen LogP contribution in [-0.4, -0.2) is 34.9 Å². The van der Waals surface area contributed by atoms with Gasteiger partial charge in [-0.3, -0.25) is 0 Å². The quantitative estimate of drug-likeness (QED) is 0.642. The van der Waals surface area contributed by atoms with E-state index in [-0.39, 0.29) is 6.54 Å². The molecule has 6 nitrogen and oxygen atoms in total. The molecule has 4 N–H and O–H groups in total. The molecule has 0 saturated heterocycles. The number of amides is 2. The van der Waals surface area contributed by atoms with E-state index < -0.39 is 18.1 Å². The van der Waals surface area contributed by atoms with Gasteiger partial charge in [0.2, 0.25) is 0 Å². The van der Waals surface area contributed by atoms with Crippen molar-refractivity contribution in [3.05, 3.63) is 34.3 Å². The van der Waals surface area contributed by atoms with E-state index in [2.05, 4.69) is 26.6 Å². The Morgan fingerprint density at radius 2 is 1.94 bits per heavy atom. The average molecular weight is 317 g/mol. The van der Waals surface area contributed by atoms with Crippen molar-refractivity contribution in [3.8, 4) is 0 Å². The van der Waals surface area contributed by atoms with E-state index in [0.29, 0.717) is 6.54 Å². The highest BCUT2D eigenvalue weighted by Gasteiger charge is 2.13. The van der Waals surface area contributed by atoms with Crippen LogP contribution in [0.5, 0.6) is 0 Å². The predicted octanol–water partition coefficient (Wildman–Crippen LogP) is 0.694. The van der Waals surface area contributed by atoms with Gasteiger partial charge in [0.25, 0.3) is 0 Å². The second kappa shape index (κ2) is 6.97. The molecule has 0 unspecified atom stereocenters. The summed E-state index contributed by atoms with van der Waals surface area (Å²) in [6.45, 7) is -0.0342. The van der Waals surface area contributed by atoms with Crippen molar-refractivity contribution in [2.24, 2.45) is 0 Å². The highest BCUT2D eigenvalue weighted by molar-refractivity contribution is 9.10. The Balaban J connectivity index is 2.34. The summed E-state index contributed by atoms with van der Waals surface area (Å²) in [4.78, 5) is 21.6.